The number of sulfonamides is 1. The van der Waals surface area contributed by atoms with Crippen LogP contribution >= 0.6 is 0 Å². The van der Waals surface area contributed by atoms with E-state index >= 15 is 0 Å². The Balaban J connectivity index is 1.54. The number of aliphatic carboxylic acids is 1. The number of hydrogen-bond donors (Lipinski definition) is 4. The molecule has 3 atom stereocenters. The van der Waals surface area contributed by atoms with E-state index in [-0.39, 0.29) is 17.5 Å². The Morgan fingerprint density at radius 2 is 1.88 bits per heavy atom. The van der Waals surface area contributed by atoms with Crippen molar-refractivity contribution >= 4 is 33.9 Å². The normalized spacial score (nSPS) is 18.0. The summed E-state index contributed by atoms with van der Waals surface area (Å²) in [7, 11) is -3.00. The molecule has 1 aliphatic rings. The monoisotopic (exact) mass is 593 g/mol. The molecule has 1 saturated heterocycles. The number of rotatable bonds is 13. The lowest BCUT2D eigenvalue weighted by molar-refractivity contribution is -0.140. The average molecular weight is 594 g/mol. The van der Waals surface area contributed by atoms with Gasteiger partial charge in [0.25, 0.3) is 0 Å². The van der Waals surface area contributed by atoms with Crippen LogP contribution in [0.25, 0.3) is 0 Å². The number of hydroxylamine groups is 2. The first-order valence-electron chi connectivity index (χ1n) is 12.8. The molecule has 3 unspecified atom stereocenters. The van der Waals surface area contributed by atoms with Gasteiger partial charge in [-0.05, 0) is 50.5 Å². The smallest absolute Gasteiger partial charge is 0.480 e. The van der Waals surface area contributed by atoms with Crippen molar-refractivity contribution in [2.45, 2.75) is 50.3 Å². The van der Waals surface area contributed by atoms with E-state index in [1.165, 1.54) is 12.2 Å². The molecule has 4 N–H and O–H groups in total. The van der Waals surface area contributed by atoms with Gasteiger partial charge in [0.15, 0.2) is 0 Å². The van der Waals surface area contributed by atoms with E-state index in [1.54, 1.807) is 44.3 Å². The zero-order chi connectivity index (χ0) is 30.2. The maximum Gasteiger partial charge on any atom is 0.527 e. The molecule has 2 aromatic rings. The number of nitrogens with one attached hydrogen (secondary N) is 3. The number of nitrogens with zero attached hydrogens (tertiary/aromatic N) is 2. The van der Waals surface area contributed by atoms with Crippen LogP contribution in [0.3, 0.4) is 0 Å². The highest BCUT2D eigenvalue weighted by Crippen LogP contribution is 2.23. The van der Waals surface area contributed by atoms with Gasteiger partial charge >= 0.3 is 12.1 Å². The van der Waals surface area contributed by atoms with Crippen LogP contribution in [0.4, 0.5) is 10.6 Å². The molecule has 0 radical (unpaired) electrons. The lowest BCUT2D eigenvalue weighted by atomic mass is 10.1. The number of amides is 1. The maximum atomic E-state index is 13.0. The van der Waals surface area contributed by atoms with Crippen molar-refractivity contribution in [3.05, 3.63) is 53.2 Å². The van der Waals surface area contributed by atoms with Gasteiger partial charge in [0.05, 0.1) is 30.7 Å². The van der Waals surface area contributed by atoms with Crippen LogP contribution in [-0.2, 0) is 33.9 Å². The van der Waals surface area contributed by atoms with Crippen molar-refractivity contribution < 1.29 is 42.2 Å². The third kappa shape index (κ3) is 9.11. The molecule has 14 nitrogen and oxygen atoms in total. The number of anilines is 1. The summed E-state index contributed by atoms with van der Waals surface area (Å²) in [6.45, 7) is 4.68. The van der Waals surface area contributed by atoms with E-state index in [0.29, 0.717) is 29.9 Å². The van der Waals surface area contributed by atoms with Crippen molar-refractivity contribution in [1.82, 2.24) is 20.1 Å². The SMILES string of the molecule is COC(=O)ON1CC(OCC(=O)NCC(NS(=O)(=O)c2c(C)cc(C)cc2C)C(=O)O)CC1CNc1ccccn1. The first-order valence-corrected chi connectivity index (χ1v) is 14.3. The summed E-state index contributed by atoms with van der Waals surface area (Å²) in [5, 5.41) is 16.5. The van der Waals surface area contributed by atoms with E-state index in [4.69, 9.17) is 9.57 Å². The Morgan fingerprint density at radius 1 is 1.17 bits per heavy atom. The first-order chi connectivity index (χ1) is 19.4. The highest BCUT2D eigenvalue weighted by Gasteiger charge is 2.36. The number of carbonyl (C=O) groups excluding carboxylic acids is 2. The van der Waals surface area contributed by atoms with E-state index in [1.807, 2.05) is 13.0 Å². The predicted octanol–water partition coefficient (Wildman–Crippen LogP) is 1.12. The predicted molar refractivity (Wildman–Crippen MR) is 146 cm³/mol. The summed E-state index contributed by atoms with van der Waals surface area (Å²) in [6, 6.07) is 6.84. The molecule has 15 heteroatoms. The molecular formula is C26H35N5O9S. The Hall–Kier alpha value is -3.79. The highest BCUT2D eigenvalue weighted by molar-refractivity contribution is 7.89. The number of carboxylic acid groups (broad SMARTS) is 1. The number of aromatic nitrogens is 1. The van der Waals surface area contributed by atoms with Gasteiger partial charge in [-0.25, -0.2) is 18.2 Å². The molecule has 3 rings (SSSR count). The van der Waals surface area contributed by atoms with Crippen LogP contribution < -0.4 is 15.4 Å². The third-order valence-corrected chi connectivity index (χ3v) is 8.07. The molecule has 1 fully saturated rings. The largest absolute Gasteiger partial charge is 0.527 e. The number of aryl methyl sites for hydroxylation is 3. The number of methoxy groups -OCH3 is 1. The lowest BCUT2D eigenvalue weighted by Gasteiger charge is -2.22. The summed E-state index contributed by atoms with van der Waals surface area (Å²) < 4.78 is 38.4. The van der Waals surface area contributed by atoms with Crippen LogP contribution in [0.5, 0.6) is 0 Å². The summed E-state index contributed by atoms with van der Waals surface area (Å²) in [4.78, 5) is 45.3. The van der Waals surface area contributed by atoms with Crippen molar-refractivity contribution in [1.29, 1.82) is 0 Å². The molecule has 0 bridgehead atoms. The van der Waals surface area contributed by atoms with Crippen LogP contribution in [0.15, 0.2) is 41.4 Å². The quantitative estimate of drug-likeness (QED) is 0.243. The number of carbonyl (C=O) groups is 3. The summed E-state index contributed by atoms with van der Waals surface area (Å²) in [5.74, 6) is -1.47. The van der Waals surface area contributed by atoms with Crippen LogP contribution in [-0.4, -0.2) is 93.1 Å². The Kier molecular flexibility index (Phi) is 11.0. The van der Waals surface area contributed by atoms with E-state index in [0.717, 1.165) is 5.56 Å². The van der Waals surface area contributed by atoms with Crippen molar-refractivity contribution in [3.8, 4) is 0 Å². The molecule has 1 aromatic carbocycles. The minimum absolute atomic E-state index is 0.00365. The van der Waals surface area contributed by atoms with Crippen molar-refractivity contribution in [3.63, 3.8) is 0 Å². The molecule has 0 aliphatic carbocycles. The zero-order valence-corrected chi connectivity index (χ0v) is 24.1. The van der Waals surface area contributed by atoms with Gasteiger partial charge in [-0.1, -0.05) is 23.8 Å². The molecule has 2 heterocycles. The molecule has 224 valence electrons. The maximum absolute atomic E-state index is 13.0. The van der Waals surface area contributed by atoms with Gasteiger partial charge in [-0.15, -0.1) is 5.06 Å². The highest BCUT2D eigenvalue weighted by atomic mass is 32.2. The molecule has 1 aromatic heterocycles. The number of hydrogen-bond acceptors (Lipinski definition) is 11. The molecule has 41 heavy (non-hydrogen) atoms. The van der Waals surface area contributed by atoms with E-state index in [9.17, 15) is 27.9 Å². The van der Waals surface area contributed by atoms with Gasteiger partial charge in [-0.2, -0.15) is 4.72 Å². The standard InChI is InChI=1S/C26H35N5O9S/c1-16-9-17(2)24(18(3)10-16)41(36,37)30-21(25(33)34)13-29-23(32)15-39-20-11-19(31(14-20)40-26(35)38-4)12-28-22-7-5-6-8-27-22/h5-10,19-21,30H,11-15H2,1-4H3,(H,27,28)(H,29,32)(H,33,34). The van der Waals surface area contributed by atoms with Crippen LogP contribution in [0.2, 0.25) is 0 Å². The number of benzene rings is 1. The second kappa shape index (κ2) is 14.2. The van der Waals surface area contributed by atoms with Gasteiger partial charge in [0.2, 0.25) is 15.9 Å². The summed E-state index contributed by atoms with van der Waals surface area (Å²) >= 11 is 0. The fraction of sp³-hybridized carbons (Fsp3) is 0.462. The second-order valence-electron chi connectivity index (χ2n) is 9.61. The zero-order valence-electron chi connectivity index (χ0n) is 23.2. The Labute approximate surface area is 238 Å². The summed E-state index contributed by atoms with van der Waals surface area (Å²) in [5.41, 5.74) is 1.83. The number of pyridine rings is 1. The average Bonchev–Trinajstić information content (AvgIpc) is 3.29. The Bertz CT molecular complexity index is 1320. The van der Waals surface area contributed by atoms with Gasteiger partial charge in [0.1, 0.15) is 18.5 Å². The summed E-state index contributed by atoms with van der Waals surface area (Å²) in [6.07, 6.45) is 0.637. The molecular weight excluding hydrogens is 558 g/mol. The number of ether oxygens (including phenoxy) is 2. The molecule has 0 saturated carbocycles. The van der Waals surface area contributed by atoms with Crippen LogP contribution in [0.1, 0.15) is 23.1 Å². The Morgan fingerprint density at radius 3 is 2.49 bits per heavy atom. The van der Waals surface area contributed by atoms with Gasteiger partial charge in [0, 0.05) is 19.3 Å². The lowest BCUT2D eigenvalue weighted by Crippen LogP contribution is -2.49. The molecule has 0 spiro atoms. The van der Waals surface area contributed by atoms with Gasteiger partial charge in [-0.3, -0.25) is 9.59 Å². The topological polar surface area (TPSA) is 185 Å². The van der Waals surface area contributed by atoms with Crippen LogP contribution in [0, 0.1) is 20.8 Å². The second-order valence-corrected chi connectivity index (χ2v) is 11.3. The van der Waals surface area contributed by atoms with E-state index < -0.39 is 53.4 Å². The fourth-order valence-corrected chi connectivity index (χ4v) is 6.20. The van der Waals surface area contributed by atoms with Crippen molar-refractivity contribution in [2.75, 3.05) is 38.7 Å². The first kappa shape index (κ1) is 31.7. The minimum atomic E-state index is -4.19. The third-order valence-electron chi connectivity index (χ3n) is 6.29. The van der Waals surface area contributed by atoms with Gasteiger partial charge < -0.3 is 30.1 Å². The van der Waals surface area contributed by atoms with E-state index in [2.05, 4.69) is 25.1 Å². The van der Waals surface area contributed by atoms with Crippen molar-refractivity contribution in [2.24, 2.45) is 0 Å². The number of carboxylic acids is 1. The minimum Gasteiger partial charge on any atom is -0.480 e. The molecule has 1 aliphatic heterocycles. The molecule has 1 amide bonds. The fourth-order valence-electron chi connectivity index (χ4n) is 4.56.